The zero-order chi connectivity index (χ0) is 23.8. The van der Waals surface area contributed by atoms with Crippen LogP contribution >= 0.6 is 31.9 Å². The van der Waals surface area contributed by atoms with E-state index < -0.39 is 5.91 Å². The molecule has 5 nitrogen and oxygen atoms in total. The molecule has 0 aliphatic rings. The first-order chi connectivity index (χ1) is 15.9. The van der Waals surface area contributed by atoms with Gasteiger partial charge in [0.15, 0.2) is 11.5 Å². The Morgan fingerprint density at radius 1 is 1.03 bits per heavy atom. The maximum absolute atomic E-state index is 12.7. The molecular weight excluding hydrogens is 548 g/mol. The normalized spacial score (nSPS) is 10.9. The summed E-state index contributed by atoms with van der Waals surface area (Å²) in [7, 11) is 0. The summed E-state index contributed by atoms with van der Waals surface area (Å²) < 4.78 is 13.3. The van der Waals surface area contributed by atoms with Gasteiger partial charge in [0.25, 0.3) is 5.91 Å². The molecule has 0 saturated heterocycles. The molecule has 0 fully saturated rings. The fourth-order valence-electron chi connectivity index (χ4n) is 3.00. The zero-order valence-corrected chi connectivity index (χ0v) is 21.4. The molecule has 0 aliphatic carbocycles. The van der Waals surface area contributed by atoms with Crippen LogP contribution in [0.4, 0.5) is 5.69 Å². The zero-order valence-electron chi connectivity index (χ0n) is 18.2. The first kappa shape index (κ1) is 24.6. The summed E-state index contributed by atoms with van der Waals surface area (Å²) in [5.41, 5.74) is 3.22. The molecule has 0 saturated carbocycles. The second-order valence-electron chi connectivity index (χ2n) is 7.12. The molecule has 0 heterocycles. The standard InChI is InChI=1S/C26H22Br2N2O3/c1-3-32-24-13-19(23(28)14-25(24)33-16-18-7-5-4-6-8-18)12-20(15-29)26(31)30-21-9-10-22(27)17(2)11-21/h4-14H,3,16H2,1-2H3,(H,30,31)/b20-12+. The van der Waals surface area contributed by atoms with E-state index in [-0.39, 0.29) is 5.57 Å². The molecule has 0 bridgehead atoms. The Labute approximate surface area is 210 Å². The number of hydrogen-bond acceptors (Lipinski definition) is 4. The van der Waals surface area contributed by atoms with Crippen molar-refractivity contribution < 1.29 is 14.3 Å². The smallest absolute Gasteiger partial charge is 0.266 e. The van der Waals surface area contributed by atoms with Crippen molar-refractivity contribution in [2.24, 2.45) is 0 Å². The van der Waals surface area contributed by atoms with Gasteiger partial charge in [-0.1, -0.05) is 62.2 Å². The van der Waals surface area contributed by atoms with Crippen LogP contribution in [0.1, 0.15) is 23.6 Å². The van der Waals surface area contributed by atoms with Crippen LogP contribution in [0.25, 0.3) is 6.08 Å². The number of nitrogens with zero attached hydrogens (tertiary/aromatic N) is 1. The van der Waals surface area contributed by atoms with Crippen molar-refractivity contribution in [1.82, 2.24) is 0 Å². The molecule has 0 aliphatic heterocycles. The van der Waals surface area contributed by atoms with E-state index in [0.717, 1.165) is 15.6 Å². The van der Waals surface area contributed by atoms with E-state index in [1.165, 1.54) is 6.08 Å². The third-order valence-electron chi connectivity index (χ3n) is 4.68. The summed E-state index contributed by atoms with van der Waals surface area (Å²) in [4.78, 5) is 12.7. The van der Waals surface area contributed by atoms with E-state index in [1.54, 1.807) is 18.2 Å². The second-order valence-corrected chi connectivity index (χ2v) is 8.82. The van der Waals surface area contributed by atoms with E-state index in [9.17, 15) is 10.1 Å². The van der Waals surface area contributed by atoms with Crippen molar-refractivity contribution in [3.05, 3.63) is 91.9 Å². The van der Waals surface area contributed by atoms with Crippen LogP contribution in [0.2, 0.25) is 0 Å². The lowest BCUT2D eigenvalue weighted by molar-refractivity contribution is -0.112. The Balaban J connectivity index is 1.85. The molecule has 0 spiro atoms. The Morgan fingerprint density at radius 2 is 1.76 bits per heavy atom. The fourth-order valence-corrected chi connectivity index (χ4v) is 3.69. The van der Waals surface area contributed by atoms with Gasteiger partial charge in [0.1, 0.15) is 18.2 Å². The number of carbonyl (C=O) groups excluding carboxylic acids is 1. The number of rotatable bonds is 8. The first-order valence-corrected chi connectivity index (χ1v) is 11.8. The van der Waals surface area contributed by atoms with Crippen LogP contribution in [0.15, 0.2) is 75.2 Å². The quantitative estimate of drug-likeness (QED) is 0.233. The van der Waals surface area contributed by atoms with Crippen LogP contribution in [0, 0.1) is 18.3 Å². The number of nitriles is 1. The Morgan fingerprint density at radius 3 is 2.42 bits per heavy atom. The van der Waals surface area contributed by atoms with Gasteiger partial charge in [0.2, 0.25) is 0 Å². The van der Waals surface area contributed by atoms with E-state index >= 15 is 0 Å². The SMILES string of the molecule is CCOc1cc(/C=C(\C#N)C(=O)Nc2ccc(Br)c(C)c2)c(Br)cc1OCc1ccccc1. The minimum absolute atomic E-state index is 0.0309. The van der Waals surface area contributed by atoms with E-state index in [4.69, 9.17) is 9.47 Å². The largest absolute Gasteiger partial charge is 0.490 e. The molecule has 7 heteroatoms. The predicted molar refractivity (Wildman–Crippen MR) is 137 cm³/mol. The maximum atomic E-state index is 12.7. The summed E-state index contributed by atoms with van der Waals surface area (Å²) in [6.45, 7) is 4.64. The van der Waals surface area contributed by atoms with Crippen molar-refractivity contribution in [2.45, 2.75) is 20.5 Å². The highest BCUT2D eigenvalue weighted by Crippen LogP contribution is 2.35. The van der Waals surface area contributed by atoms with Gasteiger partial charge in [-0.05, 0) is 66.9 Å². The molecule has 0 atom stereocenters. The van der Waals surface area contributed by atoms with Crippen molar-refractivity contribution in [3.63, 3.8) is 0 Å². The summed E-state index contributed by atoms with van der Waals surface area (Å²) in [6, 6.07) is 20.8. The van der Waals surface area contributed by atoms with Gasteiger partial charge in [-0.2, -0.15) is 5.26 Å². The lowest BCUT2D eigenvalue weighted by atomic mass is 10.1. The summed E-state index contributed by atoms with van der Waals surface area (Å²) in [6.07, 6.45) is 1.52. The van der Waals surface area contributed by atoms with E-state index in [1.807, 2.05) is 62.4 Å². The number of aryl methyl sites for hydroxylation is 1. The number of nitrogens with one attached hydrogen (secondary N) is 1. The molecule has 0 unspecified atom stereocenters. The molecule has 1 N–H and O–H groups in total. The summed E-state index contributed by atoms with van der Waals surface area (Å²) >= 11 is 6.96. The average Bonchev–Trinajstić information content (AvgIpc) is 2.81. The molecule has 3 aromatic rings. The van der Waals surface area contributed by atoms with Crippen molar-refractivity contribution in [3.8, 4) is 17.6 Å². The molecular formula is C26H22Br2N2O3. The van der Waals surface area contributed by atoms with Gasteiger partial charge in [-0.25, -0.2) is 0 Å². The number of carbonyl (C=O) groups is 1. The Kier molecular flexibility index (Phi) is 8.70. The predicted octanol–water partition coefficient (Wildman–Crippen LogP) is 7.04. The molecule has 3 rings (SSSR count). The number of benzene rings is 3. The number of halogens is 2. The summed E-state index contributed by atoms with van der Waals surface area (Å²) in [5, 5.41) is 12.4. The van der Waals surface area contributed by atoms with Crippen LogP contribution in [-0.4, -0.2) is 12.5 Å². The van der Waals surface area contributed by atoms with Gasteiger partial charge in [0, 0.05) is 14.6 Å². The van der Waals surface area contributed by atoms with E-state index in [2.05, 4.69) is 37.2 Å². The molecule has 3 aromatic carbocycles. The van der Waals surface area contributed by atoms with Gasteiger partial charge in [-0.15, -0.1) is 0 Å². The highest BCUT2D eigenvalue weighted by Gasteiger charge is 2.14. The molecule has 0 aromatic heterocycles. The van der Waals surface area contributed by atoms with Crippen LogP contribution in [0.3, 0.4) is 0 Å². The highest BCUT2D eigenvalue weighted by molar-refractivity contribution is 9.10. The third-order valence-corrected chi connectivity index (χ3v) is 6.26. The number of hydrogen-bond donors (Lipinski definition) is 1. The van der Waals surface area contributed by atoms with Gasteiger partial charge >= 0.3 is 0 Å². The lowest BCUT2D eigenvalue weighted by Crippen LogP contribution is -2.13. The first-order valence-electron chi connectivity index (χ1n) is 10.2. The Hall–Kier alpha value is -3.08. The third kappa shape index (κ3) is 6.70. The van der Waals surface area contributed by atoms with Crippen molar-refractivity contribution in [1.29, 1.82) is 5.26 Å². The minimum Gasteiger partial charge on any atom is -0.490 e. The number of amides is 1. The minimum atomic E-state index is -0.492. The maximum Gasteiger partial charge on any atom is 0.266 e. The molecule has 1 amide bonds. The number of ether oxygens (including phenoxy) is 2. The van der Waals surface area contributed by atoms with E-state index in [0.29, 0.717) is 40.4 Å². The van der Waals surface area contributed by atoms with Crippen molar-refractivity contribution in [2.75, 3.05) is 11.9 Å². The summed E-state index contributed by atoms with van der Waals surface area (Å²) in [5.74, 6) is 0.607. The van der Waals surface area contributed by atoms with Crippen LogP contribution in [0.5, 0.6) is 11.5 Å². The van der Waals surface area contributed by atoms with Gasteiger partial charge < -0.3 is 14.8 Å². The molecule has 168 valence electrons. The molecule has 33 heavy (non-hydrogen) atoms. The fraction of sp³-hybridized carbons (Fsp3) is 0.154. The number of anilines is 1. The monoisotopic (exact) mass is 568 g/mol. The van der Waals surface area contributed by atoms with Crippen LogP contribution < -0.4 is 14.8 Å². The van der Waals surface area contributed by atoms with Crippen LogP contribution in [-0.2, 0) is 11.4 Å². The molecule has 0 radical (unpaired) electrons. The van der Waals surface area contributed by atoms with Crippen molar-refractivity contribution >= 4 is 49.5 Å². The van der Waals surface area contributed by atoms with Gasteiger partial charge in [-0.3, -0.25) is 4.79 Å². The van der Waals surface area contributed by atoms with Gasteiger partial charge in [0.05, 0.1) is 6.61 Å². The highest BCUT2D eigenvalue weighted by atomic mass is 79.9. The Bertz CT molecular complexity index is 1220. The second kappa shape index (κ2) is 11.7. The average molecular weight is 570 g/mol. The lowest BCUT2D eigenvalue weighted by Gasteiger charge is -2.14. The topological polar surface area (TPSA) is 71.3 Å².